The van der Waals surface area contributed by atoms with E-state index in [9.17, 15) is 36.3 Å². The summed E-state index contributed by atoms with van der Waals surface area (Å²) in [6.07, 6.45) is -3.03. The van der Waals surface area contributed by atoms with Crippen LogP contribution in [0, 0.1) is 17.8 Å². The number of aromatic nitrogens is 6. The van der Waals surface area contributed by atoms with Crippen LogP contribution in [0.2, 0.25) is 0 Å². The maximum Gasteiger partial charge on any atom is 0.410 e. The molecule has 19 heteroatoms. The fraction of sp³-hybridized carbons (Fsp3) is 0.686. The van der Waals surface area contributed by atoms with Crippen LogP contribution in [0.5, 0.6) is 0 Å². The number of amides is 3. The highest BCUT2D eigenvalue weighted by Crippen LogP contribution is 2.42. The second kappa shape index (κ2) is 14.9. The standard InChI is InChI=1S/C35H47F5N10O4/c1-6-49-26(9-12-42-49)30(52)44-27(21-7-10-34(36,37)11-8-21)25-19-50-31(43-25)45-28(47-13-14-48(20(2)18-47)32(53)54-33(3,4)5)24(46-50)16-22-15-23(35(38,39)40)17-41-29(22)51/h9,12,19-23,27H,6-8,10-11,13-18H2,1-5H3,(H,41,51)(H,44,52)/t20-,22+,23+,27-/m0/s1. The zero-order valence-corrected chi connectivity index (χ0v) is 31.0. The van der Waals surface area contributed by atoms with Gasteiger partial charge < -0.3 is 25.2 Å². The summed E-state index contributed by atoms with van der Waals surface area (Å²) in [6.45, 7) is 9.69. The van der Waals surface area contributed by atoms with Gasteiger partial charge in [-0.2, -0.15) is 28.4 Å². The zero-order valence-electron chi connectivity index (χ0n) is 31.0. The van der Waals surface area contributed by atoms with Crippen molar-refractivity contribution in [1.29, 1.82) is 0 Å². The average Bonchev–Trinajstić information content (AvgIpc) is 3.73. The topological polar surface area (TPSA) is 152 Å². The molecule has 3 aromatic rings. The Kier molecular flexibility index (Phi) is 10.8. The van der Waals surface area contributed by atoms with Gasteiger partial charge in [0.1, 0.15) is 17.0 Å². The Bertz CT molecular complexity index is 1850. The molecule has 0 radical (unpaired) electrons. The van der Waals surface area contributed by atoms with Crippen molar-refractivity contribution in [3.63, 3.8) is 0 Å². The lowest BCUT2D eigenvalue weighted by Crippen LogP contribution is -2.55. The van der Waals surface area contributed by atoms with Crippen LogP contribution in [0.1, 0.15) is 94.6 Å². The molecule has 296 valence electrons. The highest BCUT2D eigenvalue weighted by molar-refractivity contribution is 5.92. The Balaban J connectivity index is 1.36. The van der Waals surface area contributed by atoms with Gasteiger partial charge in [-0.25, -0.2) is 23.1 Å². The Hall–Kier alpha value is -4.58. The summed E-state index contributed by atoms with van der Waals surface area (Å²) < 4.78 is 78.4. The van der Waals surface area contributed by atoms with Gasteiger partial charge in [-0.05, 0) is 65.9 Å². The van der Waals surface area contributed by atoms with Crippen LogP contribution in [0.25, 0.3) is 5.78 Å². The third kappa shape index (κ3) is 8.69. The van der Waals surface area contributed by atoms with Crippen LogP contribution < -0.4 is 15.5 Å². The number of hydrogen-bond acceptors (Lipinski definition) is 9. The molecule has 3 amide bonds. The summed E-state index contributed by atoms with van der Waals surface area (Å²) in [5, 5.41) is 14.3. The SMILES string of the molecule is CCn1nccc1C(=O)N[C@H](c1cn2nc(C[C@H]3C[C@@H](C(F)(F)F)CNC3=O)c(N3CCN(C(=O)OC(C)(C)C)[C@@H](C)C3)nc2n1)C1CCC(F)(F)CC1. The lowest BCUT2D eigenvalue weighted by atomic mass is 9.81. The van der Waals surface area contributed by atoms with Crippen LogP contribution in [-0.4, -0.2) is 102 Å². The van der Waals surface area contributed by atoms with Crippen LogP contribution in [0.4, 0.5) is 32.6 Å². The molecule has 3 aliphatic rings. The van der Waals surface area contributed by atoms with Gasteiger partial charge in [0.2, 0.25) is 11.8 Å². The highest BCUT2D eigenvalue weighted by atomic mass is 19.4. The van der Waals surface area contributed by atoms with Crippen LogP contribution in [-0.2, 0) is 22.5 Å². The van der Waals surface area contributed by atoms with E-state index >= 15 is 0 Å². The molecule has 6 rings (SSSR count). The summed E-state index contributed by atoms with van der Waals surface area (Å²) in [5.41, 5.74) is 0.144. The minimum absolute atomic E-state index is 0.103. The van der Waals surface area contributed by atoms with E-state index in [1.807, 2.05) is 18.7 Å². The molecule has 3 aromatic heterocycles. The predicted molar refractivity (Wildman–Crippen MR) is 185 cm³/mol. The van der Waals surface area contributed by atoms with Gasteiger partial charge in [0.25, 0.3) is 11.7 Å². The summed E-state index contributed by atoms with van der Waals surface area (Å²) in [4.78, 5) is 52.5. The lowest BCUT2D eigenvalue weighted by Gasteiger charge is -2.41. The van der Waals surface area contributed by atoms with Crippen LogP contribution >= 0.6 is 0 Å². The summed E-state index contributed by atoms with van der Waals surface area (Å²) in [6, 6.07) is 0.395. The van der Waals surface area contributed by atoms with E-state index in [4.69, 9.17) is 19.8 Å². The number of fused-ring (bicyclic) bond motifs is 1. The Labute approximate surface area is 309 Å². The predicted octanol–water partition coefficient (Wildman–Crippen LogP) is 4.94. The Morgan fingerprint density at radius 2 is 1.85 bits per heavy atom. The second-order valence-electron chi connectivity index (χ2n) is 15.6. The third-order valence-electron chi connectivity index (χ3n) is 10.4. The molecule has 5 heterocycles. The normalized spacial score (nSPS) is 23.3. The summed E-state index contributed by atoms with van der Waals surface area (Å²) in [5.74, 6) is -6.60. The molecular weight excluding hydrogens is 719 g/mol. The van der Waals surface area contributed by atoms with Crippen molar-refractivity contribution < 1.29 is 41.1 Å². The molecule has 0 spiro atoms. The molecule has 14 nitrogen and oxygen atoms in total. The molecule has 3 fully saturated rings. The van der Waals surface area contributed by atoms with Crippen molar-refractivity contribution in [3.8, 4) is 0 Å². The van der Waals surface area contributed by atoms with Gasteiger partial charge in [0.05, 0.1) is 23.9 Å². The van der Waals surface area contributed by atoms with Crippen LogP contribution in [0.15, 0.2) is 18.5 Å². The number of carbonyl (C=O) groups excluding carboxylic acids is 3. The van der Waals surface area contributed by atoms with Crippen LogP contribution in [0.3, 0.4) is 0 Å². The van der Waals surface area contributed by atoms with E-state index < -0.39 is 72.4 Å². The number of ether oxygens (including phenoxy) is 1. The first-order valence-electron chi connectivity index (χ1n) is 18.4. The summed E-state index contributed by atoms with van der Waals surface area (Å²) in [7, 11) is 0. The number of piperidine rings is 1. The molecule has 2 saturated heterocycles. The number of anilines is 1. The van der Waals surface area contributed by atoms with E-state index in [0.717, 1.165) is 0 Å². The number of aryl methyl sites for hydroxylation is 1. The monoisotopic (exact) mass is 766 g/mol. The molecule has 1 aliphatic carbocycles. The molecular formula is C35H47F5N10O4. The number of piperazine rings is 1. The van der Waals surface area contributed by atoms with E-state index in [2.05, 4.69) is 15.7 Å². The van der Waals surface area contributed by atoms with Crippen molar-refractivity contribution in [3.05, 3.63) is 35.5 Å². The Morgan fingerprint density at radius 1 is 1.13 bits per heavy atom. The van der Waals surface area contributed by atoms with E-state index in [1.165, 1.54) is 21.6 Å². The van der Waals surface area contributed by atoms with Gasteiger partial charge in [-0.15, -0.1) is 0 Å². The average molecular weight is 767 g/mol. The quantitative estimate of drug-likeness (QED) is 0.304. The van der Waals surface area contributed by atoms with Crippen molar-refractivity contribution in [2.24, 2.45) is 17.8 Å². The Morgan fingerprint density at radius 3 is 2.50 bits per heavy atom. The van der Waals surface area contributed by atoms with Crippen molar-refractivity contribution in [2.45, 2.75) is 109 Å². The fourth-order valence-electron chi connectivity index (χ4n) is 7.52. The number of halogens is 5. The molecule has 0 unspecified atom stereocenters. The first kappa shape index (κ1) is 39.1. The van der Waals surface area contributed by atoms with Gasteiger partial charge >= 0.3 is 12.3 Å². The number of rotatable bonds is 8. The number of alkyl halides is 5. The largest absolute Gasteiger partial charge is 0.444 e. The molecule has 0 bridgehead atoms. The van der Waals surface area contributed by atoms with E-state index in [-0.39, 0.29) is 74.9 Å². The molecule has 2 N–H and O–H groups in total. The molecule has 0 aromatic carbocycles. The lowest BCUT2D eigenvalue weighted by molar-refractivity contribution is -0.183. The smallest absolute Gasteiger partial charge is 0.410 e. The minimum Gasteiger partial charge on any atom is -0.444 e. The van der Waals surface area contributed by atoms with Gasteiger partial charge in [0, 0.05) is 70.1 Å². The number of imidazole rings is 1. The first-order valence-corrected chi connectivity index (χ1v) is 18.4. The maximum atomic E-state index is 14.3. The molecule has 54 heavy (non-hydrogen) atoms. The molecule has 2 aliphatic heterocycles. The van der Waals surface area contributed by atoms with Gasteiger partial charge in [0.15, 0.2) is 5.82 Å². The van der Waals surface area contributed by atoms with Crippen molar-refractivity contribution in [2.75, 3.05) is 31.1 Å². The van der Waals surface area contributed by atoms with E-state index in [0.29, 0.717) is 18.1 Å². The zero-order chi connectivity index (χ0) is 39.2. The fourth-order valence-corrected chi connectivity index (χ4v) is 7.52. The maximum absolute atomic E-state index is 14.3. The van der Waals surface area contributed by atoms with E-state index in [1.54, 1.807) is 31.7 Å². The summed E-state index contributed by atoms with van der Waals surface area (Å²) >= 11 is 0. The molecule has 4 atom stereocenters. The minimum atomic E-state index is -4.51. The molecule has 1 saturated carbocycles. The number of carbonyl (C=O) groups is 3. The van der Waals surface area contributed by atoms with Crippen molar-refractivity contribution >= 4 is 29.5 Å². The van der Waals surface area contributed by atoms with Gasteiger partial charge in [-0.1, -0.05) is 0 Å². The number of nitrogens with one attached hydrogen (secondary N) is 2. The first-order chi connectivity index (χ1) is 25.3. The number of nitrogens with zero attached hydrogens (tertiary/aromatic N) is 8. The van der Waals surface area contributed by atoms with Gasteiger partial charge in [-0.3, -0.25) is 14.3 Å². The number of hydrogen-bond donors (Lipinski definition) is 2. The van der Waals surface area contributed by atoms with Crippen molar-refractivity contribution in [1.82, 2.24) is 44.9 Å². The second-order valence-corrected chi connectivity index (χ2v) is 15.6. The third-order valence-corrected chi connectivity index (χ3v) is 10.4. The highest BCUT2D eigenvalue weighted by Gasteiger charge is 2.45.